The molecular weight excluding hydrogens is 460 g/mol. The molecule has 1 saturated heterocycles. The molecule has 1 fully saturated rings. The van der Waals surface area contributed by atoms with Gasteiger partial charge in [0.2, 0.25) is 5.91 Å². The van der Waals surface area contributed by atoms with Gasteiger partial charge in [0, 0.05) is 13.1 Å². The maximum absolute atomic E-state index is 13.1. The van der Waals surface area contributed by atoms with Crippen LogP contribution in [0.25, 0.3) is 0 Å². The van der Waals surface area contributed by atoms with E-state index in [0.717, 1.165) is 30.6 Å². The van der Waals surface area contributed by atoms with Gasteiger partial charge in [0.15, 0.2) is 6.61 Å². The minimum Gasteiger partial charge on any atom is -0.508 e. The topological polar surface area (TPSA) is 105 Å². The summed E-state index contributed by atoms with van der Waals surface area (Å²) in [6, 6.07) is 17.3. The summed E-state index contributed by atoms with van der Waals surface area (Å²) in [7, 11) is 1.21. The summed E-state index contributed by atoms with van der Waals surface area (Å²) in [5.74, 6) is -1.37. The average molecular weight is 497 g/mol. The van der Waals surface area contributed by atoms with E-state index in [0.29, 0.717) is 18.9 Å². The first kappa shape index (κ1) is 27.2. The van der Waals surface area contributed by atoms with E-state index in [1.54, 1.807) is 6.07 Å². The largest absolute Gasteiger partial charge is 0.508 e. The van der Waals surface area contributed by atoms with Crippen LogP contribution in [0.15, 0.2) is 54.6 Å². The summed E-state index contributed by atoms with van der Waals surface area (Å²) in [4.78, 5) is 38.5. The van der Waals surface area contributed by atoms with E-state index >= 15 is 0 Å². The monoisotopic (exact) mass is 496 g/mol. The molecule has 1 amide bonds. The van der Waals surface area contributed by atoms with Gasteiger partial charge in [-0.15, -0.1) is 0 Å². The van der Waals surface area contributed by atoms with Crippen molar-refractivity contribution in [1.29, 1.82) is 0 Å². The number of ether oxygens (including phenoxy) is 2. The summed E-state index contributed by atoms with van der Waals surface area (Å²) in [6.45, 7) is 5.83. The van der Waals surface area contributed by atoms with Crippen molar-refractivity contribution in [2.75, 3.05) is 39.9 Å². The number of nitrogens with one attached hydrogen (secondary N) is 1. The molecule has 194 valence electrons. The second-order valence-corrected chi connectivity index (χ2v) is 9.72. The molecule has 0 aliphatic carbocycles. The van der Waals surface area contributed by atoms with Gasteiger partial charge in [-0.1, -0.05) is 56.3 Å². The van der Waals surface area contributed by atoms with E-state index in [1.807, 2.05) is 42.5 Å². The fourth-order valence-electron chi connectivity index (χ4n) is 4.78. The minimum atomic E-state index is -0.694. The number of methoxy groups -OCH3 is 1. The van der Waals surface area contributed by atoms with Crippen molar-refractivity contribution in [3.63, 3.8) is 0 Å². The summed E-state index contributed by atoms with van der Waals surface area (Å²) < 4.78 is 9.28. The molecule has 2 aromatic rings. The number of nitrogens with zero attached hydrogens (tertiary/aromatic N) is 1. The standard InChI is InChI=1S/C28H36N2O6/c1-20-17-30(13-12-28(20,2)23-10-7-11-24(31)15-23)18-22(14-21-8-5-4-6-9-21)27(34)29-16-25(32)36-19-26(33)35-3/h4-11,15,20,22,31H,12-14,16-19H2,1-3H3,(H,29,34). The molecule has 8 heteroatoms. The highest BCUT2D eigenvalue weighted by atomic mass is 16.6. The van der Waals surface area contributed by atoms with Crippen LogP contribution in [0.2, 0.25) is 0 Å². The molecule has 2 aromatic carbocycles. The smallest absolute Gasteiger partial charge is 0.344 e. The van der Waals surface area contributed by atoms with Crippen molar-refractivity contribution >= 4 is 17.8 Å². The van der Waals surface area contributed by atoms with Crippen molar-refractivity contribution in [3.8, 4) is 5.75 Å². The number of esters is 2. The van der Waals surface area contributed by atoms with Gasteiger partial charge >= 0.3 is 11.9 Å². The molecule has 1 heterocycles. The number of hydrogen-bond acceptors (Lipinski definition) is 7. The molecule has 36 heavy (non-hydrogen) atoms. The van der Waals surface area contributed by atoms with Crippen molar-refractivity contribution in [1.82, 2.24) is 10.2 Å². The molecule has 1 aliphatic heterocycles. The molecule has 3 rings (SSSR count). The Morgan fingerprint density at radius 2 is 1.89 bits per heavy atom. The highest BCUT2D eigenvalue weighted by Gasteiger charge is 2.39. The SMILES string of the molecule is COC(=O)COC(=O)CNC(=O)C(Cc1ccccc1)CN1CCC(C)(c2cccc(O)c2)C(C)C1. The summed E-state index contributed by atoms with van der Waals surface area (Å²) in [5, 5.41) is 12.6. The Morgan fingerprint density at radius 3 is 2.56 bits per heavy atom. The van der Waals surface area contributed by atoms with Crippen LogP contribution in [0.4, 0.5) is 0 Å². The molecule has 1 aliphatic rings. The van der Waals surface area contributed by atoms with Crippen molar-refractivity contribution in [2.45, 2.75) is 32.1 Å². The molecule has 8 nitrogen and oxygen atoms in total. The predicted octanol–water partition coefficient (Wildman–Crippen LogP) is 2.68. The number of phenolic OH excluding ortho intramolecular Hbond substituents is 1. The van der Waals surface area contributed by atoms with Crippen LogP contribution in [0.5, 0.6) is 5.75 Å². The highest BCUT2D eigenvalue weighted by molar-refractivity contribution is 5.84. The summed E-state index contributed by atoms with van der Waals surface area (Å²) >= 11 is 0. The normalized spacial score (nSPS) is 20.8. The maximum atomic E-state index is 13.1. The quantitative estimate of drug-likeness (QED) is 0.487. The van der Waals surface area contributed by atoms with E-state index in [4.69, 9.17) is 4.74 Å². The predicted molar refractivity (Wildman–Crippen MR) is 135 cm³/mol. The lowest BCUT2D eigenvalue weighted by molar-refractivity contribution is -0.156. The Balaban J connectivity index is 1.64. The van der Waals surface area contributed by atoms with Crippen LogP contribution in [0.3, 0.4) is 0 Å². The Labute approximate surface area is 212 Å². The molecule has 3 unspecified atom stereocenters. The summed E-state index contributed by atoms with van der Waals surface area (Å²) in [5.41, 5.74) is 2.09. The Bertz CT molecular complexity index is 1040. The number of benzene rings is 2. The van der Waals surface area contributed by atoms with Gasteiger partial charge in [-0.05, 0) is 54.0 Å². The van der Waals surface area contributed by atoms with E-state index in [9.17, 15) is 19.5 Å². The number of rotatable bonds is 10. The molecule has 2 N–H and O–H groups in total. The Kier molecular flexibility index (Phi) is 9.47. The number of hydrogen-bond donors (Lipinski definition) is 2. The molecular formula is C28H36N2O6. The second-order valence-electron chi connectivity index (χ2n) is 9.72. The van der Waals surface area contributed by atoms with E-state index in [2.05, 4.69) is 34.9 Å². The zero-order valence-corrected chi connectivity index (χ0v) is 21.2. The van der Waals surface area contributed by atoms with E-state index in [1.165, 1.54) is 7.11 Å². The number of phenols is 1. The van der Waals surface area contributed by atoms with E-state index in [-0.39, 0.29) is 29.5 Å². The Morgan fingerprint density at radius 1 is 1.14 bits per heavy atom. The van der Waals surface area contributed by atoms with E-state index < -0.39 is 18.5 Å². The number of carbonyl (C=O) groups excluding carboxylic acids is 3. The van der Waals surface area contributed by atoms with Gasteiger partial charge in [-0.3, -0.25) is 9.59 Å². The van der Waals surface area contributed by atoms with Crippen LogP contribution in [0.1, 0.15) is 31.4 Å². The van der Waals surface area contributed by atoms with Gasteiger partial charge < -0.3 is 24.8 Å². The molecule has 0 radical (unpaired) electrons. The van der Waals surface area contributed by atoms with Gasteiger partial charge in [0.25, 0.3) is 0 Å². The van der Waals surface area contributed by atoms with Gasteiger partial charge in [0.05, 0.1) is 13.0 Å². The van der Waals surface area contributed by atoms with Gasteiger partial charge in [-0.25, -0.2) is 4.79 Å². The molecule has 3 atom stereocenters. The number of piperidine rings is 1. The second kappa shape index (κ2) is 12.5. The van der Waals surface area contributed by atoms with Gasteiger partial charge in [-0.2, -0.15) is 0 Å². The lowest BCUT2D eigenvalue weighted by Gasteiger charge is -2.45. The molecule has 0 aromatic heterocycles. The highest BCUT2D eigenvalue weighted by Crippen LogP contribution is 2.40. The fourth-order valence-corrected chi connectivity index (χ4v) is 4.78. The van der Waals surface area contributed by atoms with Crippen molar-refractivity contribution in [3.05, 3.63) is 65.7 Å². The van der Waals surface area contributed by atoms with Gasteiger partial charge in [0.1, 0.15) is 12.3 Å². The third-order valence-corrected chi connectivity index (χ3v) is 7.23. The average Bonchev–Trinajstić information content (AvgIpc) is 2.88. The number of aromatic hydroxyl groups is 1. The summed E-state index contributed by atoms with van der Waals surface area (Å²) in [6.07, 6.45) is 1.44. The number of amides is 1. The lowest BCUT2D eigenvalue weighted by atomic mass is 9.68. The molecule has 0 bridgehead atoms. The lowest BCUT2D eigenvalue weighted by Crippen LogP contribution is -2.50. The number of likely N-dealkylation sites (tertiary alicyclic amines) is 1. The molecule has 0 saturated carbocycles. The van der Waals surface area contributed by atoms with Crippen LogP contribution >= 0.6 is 0 Å². The maximum Gasteiger partial charge on any atom is 0.344 e. The van der Waals surface area contributed by atoms with Crippen LogP contribution in [-0.4, -0.2) is 67.7 Å². The van der Waals surface area contributed by atoms with Crippen LogP contribution in [0, 0.1) is 11.8 Å². The minimum absolute atomic E-state index is 0.0736. The zero-order valence-electron chi connectivity index (χ0n) is 21.2. The first-order chi connectivity index (χ1) is 17.2. The van der Waals surface area contributed by atoms with Crippen molar-refractivity contribution < 1.29 is 29.0 Å². The molecule has 0 spiro atoms. The Hall–Kier alpha value is -3.39. The third-order valence-electron chi connectivity index (χ3n) is 7.23. The zero-order chi connectivity index (χ0) is 26.1. The van der Waals surface area contributed by atoms with Crippen LogP contribution < -0.4 is 5.32 Å². The first-order valence-corrected chi connectivity index (χ1v) is 12.3. The third kappa shape index (κ3) is 7.31. The number of carbonyl (C=O) groups is 3. The first-order valence-electron chi connectivity index (χ1n) is 12.3. The van der Waals surface area contributed by atoms with Crippen LogP contribution in [-0.2, 0) is 35.7 Å². The van der Waals surface area contributed by atoms with Crippen molar-refractivity contribution in [2.24, 2.45) is 11.8 Å². The fraction of sp³-hybridized carbons (Fsp3) is 0.464.